The van der Waals surface area contributed by atoms with E-state index in [2.05, 4.69) is 16.8 Å². The molecule has 88 valence electrons. The smallest absolute Gasteiger partial charge is 0.128 e. The second kappa shape index (κ2) is 4.83. The van der Waals surface area contributed by atoms with Crippen LogP contribution in [-0.4, -0.2) is 23.2 Å². The molecule has 1 N–H and O–H groups in total. The highest BCUT2D eigenvalue weighted by Gasteiger charge is 2.17. The molecule has 0 spiro atoms. The number of aromatic nitrogens is 1. The minimum absolute atomic E-state index is 0.413. The van der Waals surface area contributed by atoms with E-state index in [0.29, 0.717) is 0 Å². The third-order valence-electron chi connectivity index (χ3n) is 3.23. The third kappa shape index (κ3) is 2.53. The van der Waals surface area contributed by atoms with Crippen molar-refractivity contribution in [3.63, 3.8) is 0 Å². The van der Waals surface area contributed by atoms with Crippen LogP contribution in [0.1, 0.15) is 38.4 Å². The second-order valence-corrected chi connectivity index (χ2v) is 4.82. The van der Waals surface area contributed by atoms with Gasteiger partial charge in [-0.2, -0.15) is 0 Å². The van der Waals surface area contributed by atoms with E-state index < -0.39 is 6.10 Å². The van der Waals surface area contributed by atoms with Crippen LogP contribution in [0.15, 0.2) is 18.3 Å². The molecule has 3 nitrogen and oxygen atoms in total. The largest absolute Gasteiger partial charge is 0.389 e. The predicted octanol–water partition coefficient (Wildman–Crippen LogP) is 2.37. The number of nitrogens with zero attached hydrogens (tertiary/aromatic N) is 2. The summed E-state index contributed by atoms with van der Waals surface area (Å²) in [6.45, 7) is 6.24. The summed E-state index contributed by atoms with van der Waals surface area (Å²) in [5.74, 6) is 1.75. The Hall–Kier alpha value is -1.09. The first-order valence-electron chi connectivity index (χ1n) is 6.06. The van der Waals surface area contributed by atoms with Gasteiger partial charge in [0.1, 0.15) is 5.82 Å². The van der Waals surface area contributed by atoms with Crippen LogP contribution in [0.3, 0.4) is 0 Å². The summed E-state index contributed by atoms with van der Waals surface area (Å²) in [5, 5.41) is 9.55. The van der Waals surface area contributed by atoms with Crippen molar-refractivity contribution < 1.29 is 5.11 Å². The first-order chi connectivity index (χ1) is 7.66. The van der Waals surface area contributed by atoms with Crippen molar-refractivity contribution in [1.29, 1.82) is 0 Å². The molecule has 1 saturated heterocycles. The fourth-order valence-corrected chi connectivity index (χ4v) is 2.26. The number of aliphatic hydroxyl groups excluding tert-OH is 1. The summed E-state index contributed by atoms with van der Waals surface area (Å²) in [4.78, 5) is 6.71. The van der Waals surface area contributed by atoms with Crippen LogP contribution in [0.5, 0.6) is 0 Å². The van der Waals surface area contributed by atoms with Crippen molar-refractivity contribution >= 4 is 5.82 Å². The lowest BCUT2D eigenvalue weighted by molar-refractivity contribution is 0.199. The fraction of sp³-hybridized carbons (Fsp3) is 0.615. The molecule has 1 aromatic heterocycles. The minimum Gasteiger partial charge on any atom is -0.389 e. The molecular weight excluding hydrogens is 200 g/mol. The zero-order valence-corrected chi connectivity index (χ0v) is 10.1. The highest BCUT2D eigenvalue weighted by atomic mass is 16.3. The second-order valence-electron chi connectivity index (χ2n) is 4.82. The molecule has 1 aromatic rings. The van der Waals surface area contributed by atoms with Crippen molar-refractivity contribution in [2.45, 2.75) is 32.8 Å². The van der Waals surface area contributed by atoms with Gasteiger partial charge in [0.15, 0.2) is 0 Å². The van der Waals surface area contributed by atoms with Gasteiger partial charge >= 0.3 is 0 Å². The number of hydrogen-bond acceptors (Lipinski definition) is 3. The third-order valence-corrected chi connectivity index (χ3v) is 3.23. The van der Waals surface area contributed by atoms with Crippen molar-refractivity contribution in [3.8, 4) is 0 Å². The van der Waals surface area contributed by atoms with E-state index >= 15 is 0 Å². The molecule has 1 aliphatic rings. The van der Waals surface area contributed by atoms with Gasteiger partial charge in [0.05, 0.1) is 6.10 Å². The van der Waals surface area contributed by atoms with Crippen molar-refractivity contribution in [2.75, 3.05) is 18.0 Å². The van der Waals surface area contributed by atoms with E-state index in [1.54, 1.807) is 13.1 Å². The highest BCUT2D eigenvalue weighted by Crippen LogP contribution is 2.23. The Morgan fingerprint density at radius 2 is 2.38 bits per heavy atom. The molecule has 0 saturated carbocycles. The first-order valence-corrected chi connectivity index (χ1v) is 6.06. The summed E-state index contributed by atoms with van der Waals surface area (Å²) in [5.41, 5.74) is 0.947. The maximum Gasteiger partial charge on any atom is 0.128 e. The summed E-state index contributed by atoms with van der Waals surface area (Å²) < 4.78 is 0. The number of rotatable bonds is 2. The van der Waals surface area contributed by atoms with Crippen molar-refractivity contribution in [3.05, 3.63) is 23.9 Å². The molecule has 2 rings (SSSR count). The van der Waals surface area contributed by atoms with Crippen LogP contribution in [0.4, 0.5) is 5.82 Å². The average molecular weight is 220 g/mol. The lowest BCUT2D eigenvalue weighted by Gasteiger charge is -2.32. The fourth-order valence-electron chi connectivity index (χ4n) is 2.26. The Labute approximate surface area is 97.1 Å². The Kier molecular flexibility index (Phi) is 3.44. The number of pyridine rings is 1. The standard InChI is InChI=1S/C13H20N2O/c1-10-4-3-7-15(9-10)13-8-12(11(2)16)5-6-14-13/h5-6,8,10-11,16H,3-4,7,9H2,1-2H3. The van der Waals surface area contributed by atoms with Gasteiger partial charge in [0.25, 0.3) is 0 Å². The Bertz CT molecular complexity index is 352. The molecule has 2 heterocycles. The molecular formula is C13H20N2O. The van der Waals surface area contributed by atoms with Gasteiger partial charge in [-0.1, -0.05) is 6.92 Å². The van der Waals surface area contributed by atoms with Crippen LogP contribution in [0.25, 0.3) is 0 Å². The van der Waals surface area contributed by atoms with Crippen LogP contribution < -0.4 is 4.90 Å². The number of piperidine rings is 1. The van der Waals surface area contributed by atoms with Crippen molar-refractivity contribution in [1.82, 2.24) is 4.98 Å². The average Bonchev–Trinajstić information content (AvgIpc) is 2.29. The Balaban J connectivity index is 2.16. The van der Waals surface area contributed by atoms with Crippen LogP contribution in [0, 0.1) is 5.92 Å². The number of aliphatic hydroxyl groups is 1. The topological polar surface area (TPSA) is 36.4 Å². The summed E-state index contributed by atoms with van der Waals surface area (Å²) in [7, 11) is 0. The Morgan fingerprint density at radius 1 is 1.56 bits per heavy atom. The summed E-state index contributed by atoms with van der Waals surface area (Å²) in [6.07, 6.45) is 3.93. The molecule has 1 aliphatic heterocycles. The molecule has 2 atom stereocenters. The summed E-state index contributed by atoms with van der Waals surface area (Å²) >= 11 is 0. The van der Waals surface area contributed by atoms with E-state index in [-0.39, 0.29) is 0 Å². The van der Waals surface area contributed by atoms with Crippen molar-refractivity contribution in [2.24, 2.45) is 5.92 Å². The van der Waals surface area contributed by atoms with Gasteiger partial charge in [-0.3, -0.25) is 0 Å². The molecule has 1 fully saturated rings. The first kappa shape index (κ1) is 11.4. The van der Waals surface area contributed by atoms with E-state index in [9.17, 15) is 5.11 Å². The predicted molar refractivity (Wildman–Crippen MR) is 65.5 cm³/mol. The van der Waals surface area contributed by atoms with Gasteiger partial charge in [0.2, 0.25) is 0 Å². The zero-order chi connectivity index (χ0) is 11.5. The molecule has 16 heavy (non-hydrogen) atoms. The van der Waals surface area contributed by atoms with Gasteiger partial charge in [-0.05, 0) is 43.4 Å². The Morgan fingerprint density at radius 3 is 3.06 bits per heavy atom. The van der Waals surface area contributed by atoms with E-state index in [1.807, 2.05) is 12.1 Å². The SMILES string of the molecule is CC1CCCN(c2cc(C(C)O)ccn2)C1. The molecule has 0 radical (unpaired) electrons. The quantitative estimate of drug-likeness (QED) is 0.831. The monoisotopic (exact) mass is 220 g/mol. The maximum absolute atomic E-state index is 9.55. The normalized spacial score (nSPS) is 23.2. The van der Waals surface area contributed by atoms with E-state index in [0.717, 1.165) is 30.4 Å². The lowest BCUT2D eigenvalue weighted by atomic mass is 10.0. The summed E-state index contributed by atoms with van der Waals surface area (Å²) in [6, 6.07) is 3.88. The number of anilines is 1. The maximum atomic E-state index is 9.55. The molecule has 3 heteroatoms. The van der Waals surface area contributed by atoms with Gasteiger partial charge < -0.3 is 10.0 Å². The van der Waals surface area contributed by atoms with E-state index in [1.165, 1.54) is 12.8 Å². The zero-order valence-electron chi connectivity index (χ0n) is 10.1. The lowest BCUT2D eigenvalue weighted by Crippen LogP contribution is -2.34. The minimum atomic E-state index is -0.413. The molecule has 0 aliphatic carbocycles. The van der Waals surface area contributed by atoms with E-state index in [4.69, 9.17) is 0 Å². The molecule has 0 aromatic carbocycles. The van der Waals surface area contributed by atoms with Crippen LogP contribution in [0.2, 0.25) is 0 Å². The van der Waals surface area contributed by atoms with Crippen LogP contribution in [-0.2, 0) is 0 Å². The molecule has 0 amide bonds. The van der Waals surface area contributed by atoms with Crippen LogP contribution >= 0.6 is 0 Å². The van der Waals surface area contributed by atoms with Gasteiger partial charge in [0, 0.05) is 19.3 Å². The number of hydrogen-bond donors (Lipinski definition) is 1. The molecule has 0 bridgehead atoms. The van der Waals surface area contributed by atoms with Gasteiger partial charge in [-0.15, -0.1) is 0 Å². The molecule has 2 unspecified atom stereocenters. The highest BCUT2D eigenvalue weighted by molar-refractivity contribution is 5.42. The van der Waals surface area contributed by atoms with Gasteiger partial charge in [-0.25, -0.2) is 4.98 Å².